The minimum Gasteiger partial charge on any atom is -0.318 e. The fraction of sp³-hybridized carbons (Fsp3) is 0.312. The molecule has 0 aliphatic rings. The Kier molecular flexibility index (Phi) is 4.25. The van der Waals surface area contributed by atoms with E-state index in [0.29, 0.717) is 0 Å². The maximum atomic E-state index is 12.3. The highest BCUT2D eigenvalue weighted by molar-refractivity contribution is 9.10. The minimum absolute atomic E-state index is 0.0998. The van der Waals surface area contributed by atoms with E-state index in [1.807, 2.05) is 45.0 Å². The number of benzene rings is 1. The zero-order valence-electron chi connectivity index (χ0n) is 11.5. The van der Waals surface area contributed by atoms with E-state index in [-0.39, 0.29) is 10.6 Å². The summed E-state index contributed by atoms with van der Waals surface area (Å²) in [6, 6.07) is 12.1. The molecular formula is C16H18BrNO. The summed E-state index contributed by atoms with van der Waals surface area (Å²) in [5, 5.41) is 0. The lowest BCUT2D eigenvalue weighted by Crippen LogP contribution is -2.14. The van der Waals surface area contributed by atoms with Crippen molar-refractivity contribution in [2.24, 2.45) is 0 Å². The van der Waals surface area contributed by atoms with Gasteiger partial charge in [0.05, 0.1) is 4.83 Å². The van der Waals surface area contributed by atoms with Gasteiger partial charge in [-0.05, 0) is 38.5 Å². The van der Waals surface area contributed by atoms with Crippen LogP contribution >= 0.6 is 15.9 Å². The van der Waals surface area contributed by atoms with Crippen molar-refractivity contribution in [3.63, 3.8) is 0 Å². The molecule has 0 bridgehead atoms. The second-order valence-electron chi connectivity index (χ2n) is 4.70. The lowest BCUT2D eigenvalue weighted by Gasteiger charge is -2.10. The van der Waals surface area contributed by atoms with Crippen LogP contribution in [0, 0.1) is 13.8 Å². The molecule has 0 saturated heterocycles. The second-order valence-corrected chi connectivity index (χ2v) is 5.80. The number of carbonyl (C=O) groups excluding carboxylic acids is 1. The Morgan fingerprint density at radius 1 is 1.26 bits per heavy atom. The second kappa shape index (κ2) is 5.74. The summed E-state index contributed by atoms with van der Waals surface area (Å²) in [7, 11) is 0. The van der Waals surface area contributed by atoms with Crippen LogP contribution in [0.2, 0.25) is 0 Å². The molecule has 0 spiro atoms. The number of aromatic nitrogens is 1. The van der Waals surface area contributed by atoms with Crippen molar-refractivity contribution < 1.29 is 4.79 Å². The molecule has 1 heterocycles. The molecule has 3 heteroatoms. The lowest BCUT2D eigenvalue weighted by molar-refractivity contribution is 0.0989. The van der Waals surface area contributed by atoms with E-state index in [1.54, 1.807) is 0 Å². The van der Waals surface area contributed by atoms with Gasteiger partial charge in [0.2, 0.25) is 0 Å². The van der Waals surface area contributed by atoms with Crippen LogP contribution in [0.15, 0.2) is 36.4 Å². The molecule has 100 valence electrons. The zero-order chi connectivity index (χ0) is 14.0. The van der Waals surface area contributed by atoms with Gasteiger partial charge in [0, 0.05) is 22.6 Å². The summed E-state index contributed by atoms with van der Waals surface area (Å²) in [6.07, 6.45) is 0.799. The monoisotopic (exact) mass is 319 g/mol. The predicted molar refractivity (Wildman–Crippen MR) is 82.6 cm³/mol. The molecule has 1 aromatic carbocycles. The number of para-hydroxylation sites is 1. The third-order valence-electron chi connectivity index (χ3n) is 3.35. The molecule has 1 aromatic heterocycles. The maximum absolute atomic E-state index is 12.3. The predicted octanol–water partition coefficient (Wildman–Crippen LogP) is 4.45. The highest BCUT2D eigenvalue weighted by Crippen LogP contribution is 2.23. The first kappa shape index (κ1) is 14.1. The molecule has 0 fully saturated rings. The Labute approximate surface area is 122 Å². The Morgan fingerprint density at radius 3 is 2.47 bits per heavy atom. The van der Waals surface area contributed by atoms with Gasteiger partial charge < -0.3 is 4.57 Å². The Morgan fingerprint density at radius 2 is 1.89 bits per heavy atom. The van der Waals surface area contributed by atoms with Crippen molar-refractivity contribution in [2.75, 3.05) is 0 Å². The molecule has 0 radical (unpaired) electrons. The highest BCUT2D eigenvalue weighted by Gasteiger charge is 2.21. The first-order valence-electron chi connectivity index (χ1n) is 6.49. The van der Waals surface area contributed by atoms with E-state index in [2.05, 4.69) is 32.6 Å². The van der Waals surface area contributed by atoms with Crippen molar-refractivity contribution in [3.8, 4) is 5.69 Å². The number of Topliss-reactive ketones (excluding diaryl/α,β-unsaturated/α-hetero) is 1. The molecule has 2 rings (SSSR count). The van der Waals surface area contributed by atoms with Gasteiger partial charge in [0.25, 0.3) is 0 Å². The molecule has 19 heavy (non-hydrogen) atoms. The van der Waals surface area contributed by atoms with Crippen molar-refractivity contribution in [2.45, 2.75) is 32.0 Å². The molecular weight excluding hydrogens is 302 g/mol. The fourth-order valence-electron chi connectivity index (χ4n) is 2.34. The van der Waals surface area contributed by atoms with Gasteiger partial charge in [0.15, 0.2) is 5.78 Å². The van der Waals surface area contributed by atoms with E-state index in [0.717, 1.165) is 29.1 Å². The maximum Gasteiger partial charge on any atom is 0.178 e. The number of nitrogens with zero attached hydrogens (tertiary/aromatic N) is 1. The van der Waals surface area contributed by atoms with Crippen molar-refractivity contribution >= 4 is 21.7 Å². The number of hydrogen-bond donors (Lipinski definition) is 0. The van der Waals surface area contributed by atoms with Crippen LogP contribution in [0.25, 0.3) is 5.69 Å². The summed E-state index contributed by atoms with van der Waals surface area (Å²) in [5.41, 5.74) is 4.00. The zero-order valence-corrected chi connectivity index (χ0v) is 13.1. The van der Waals surface area contributed by atoms with Crippen molar-refractivity contribution in [1.29, 1.82) is 0 Å². The van der Waals surface area contributed by atoms with Gasteiger partial charge in [-0.3, -0.25) is 4.79 Å². The van der Waals surface area contributed by atoms with E-state index in [9.17, 15) is 4.79 Å². The van der Waals surface area contributed by atoms with Crippen LogP contribution in [-0.4, -0.2) is 15.2 Å². The van der Waals surface area contributed by atoms with Gasteiger partial charge in [0.1, 0.15) is 0 Å². The number of carbonyl (C=O) groups is 1. The Bertz CT molecular complexity index is 586. The lowest BCUT2D eigenvalue weighted by atomic mass is 10.1. The quantitative estimate of drug-likeness (QED) is 0.602. The van der Waals surface area contributed by atoms with E-state index in [1.165, 1.54) is 0 Å². The summed E-state index contributed by atoms with van der Waals surface area (Å²) in [6.45, 7) is 6.04. The third kappa shape index (κ3) is 2.66. The van der Waals surface area contributed by atoms with Gasteiger partial charge in [-0.1, -0.05) is 41.1 Å². The van der Waals surface area contributed by atoms with E-state index in [4.69, 9.17) is 0 Å². The SMILES string of the molecule is CCC(Br)C(=O)c1cc(C)n(-c2ccccc2)c1C. The number of aryl methyl sites for hydroxylation is 1. The summed E-state index contributed by atoms with van der Waals surface area (Å²) < 4.78 is 2.13. The van der Waals surface area contributed by atoms with Gasteiger partial charge in [-0.15, -0.1) is 0 Å². The number of halogens is 1. The topological polar surface area (TPSA) is 22.0 Å². The Balaban J connectivity index is 2.49. The first-order valence-corrected chi connectivity index (χ1v) is 7.40. The van der Waals surface area contributed by atoms with Crippen molar-refractivity contribution in [3.05, 3.63) is 53.3 Å². The number of rotatable bonds is 4. The molecule has 1 atom stereocenters. The van der Waals surface area contributed by atoms with Gasteiger partial charge in [-0.2, -0.15) is 0 Å². The summed E-state index contributed by atoms with van der Waals surface area (Å²) in [5.74, 6) is 0.165. The van der Waals surface area contributed by atoms with Gasteiger partial charge >= 0.3 is 0 Å². The van der Waals surface area contributed by atoms with Crippen LogP contribution in [0.5, 0.6) is 0 Å². The van der Waals surface area contributed by atoms with Crippen LogP contribution in [-0.2, 0) is 0 Å². The molecule has 0 amide bonds. The van der Waals surface area contributed by atoms with Crippen LogP contribution in [0.3, 0.4) is 0 Å². The van der Waals surface area contributed by atoms with E-state index >= 15 is 0 Å². The van der Waals surface area contributed by atoms with Crippen LogP contribution < -0.4 is 0 Å². The van der Waals surface area contributed by atoms with Gasteiger partial charge in [-0.25, -0.2) is 0 Å². The molecule has 0 saturated carbocycles. The summed E-state index contributed by atoms with van der Waals surface area (Å²) in [4.78, 5) is 12.2. The molecule has 2 nitrogen and oxygen atoms in total. The van der Waals surface area contributed by atoms with Crippen molar-refractivity contribution in [1.82, 2.24) is 4.57 Å². The molecule has 0 aliphatic carbocycles. The number of hydrogen-bond acceptors (Lipinski definition) is 1. The molecule has 0 aliphatic heterocycles. The number of ketones is 1. The van der Waals surface area contributed by atoms with E-state index < -0.39 is 0 Å². The highest BCUT2D eigenvalue weighted by atomic mass is 79.9. The smallest absolute Gasteiger partial charge is 0.178 e. The van der Waals surface area contributed by atoms with Crippen LogP contribution in [0.1, 0.15) is 35.1 Å². The normalized spacial score (nSPS) is 12.4. The number of alkyl halides is 1. The van der Waals surface area contributed by atoms with Crippen LogP contribution in [0.4, 0.5) is 0 Å². The standard InChI is InChI=1S/C16H18BrNO/c1-4-15(17)16(19)14-10-11(2)18(12(14)3)13-8-6-5-7-9-13/h5-10,15H,4H2,1-3H3. The minimum atomic E-state index is -0.0998. The molecule has 2 aromatic rings. The third-order valence-corrected chi connectivity index (χ3v) is 4.42. The molecule has 1 unspecified atom stereocenters. The Hall–Kier alpha value is -1.35. The largest absolute Gasteiger partial charge is 0.318 e. The summed E-state index contributed by atoms with van der Waals surface area (Å²) >= 11 is 3.44. The first-order chi connectivity index (χ1) is 9.06. The average Bonchev–Trinajstić information content (AvgIpc) is 2.73. The fourth-order valence-corrected chi connectivity index (χ4v) is 2.59. The average molecular weight is 320 g/mol. The molecule has 0 N–H and O–H groups in total.